The number of pyridine rings is 1. The van der Waals surface area contributed by atoms with Crippen LogP contribution < -0.4 is 5.56 Å². The average molecular weight is 471 g/mol. The molecule has 0 radical (unpaired) electrons. The molecule has 0 bridgehead atoms. The van der Waals surface area contributed by atoms with Gasteiger partial charge < -0.3 is 0 Å². The Morgan fingerprint density at radius 2 is 1.67 bits per heavy atom. The van der Waals surface area contributed by atoms with Gasteiger partial charge in [0.15, 0.2) is 11.6 Å². The van der Waals surface area contributed by atoms with E-state index >= 15 is 0 Å². The Morgan fingerprint density at radius 1 is 0.861 bits per heavy atom. The predicted octanol–water partition coefficient (Wildman–Crippen LogP) is 3.63. The molecule has 0 unspecified atom stereocenters. The van der Waals surface area contributed by atoms with E-state index in [0.717, 1.165) is 11.1 Å². The molecule has 0 spiro atoms. The van der Waals surface area contributed by atoms with Gasteiger partial charge in [-0.1, -0.05) is 54.6 Å². The standard InChI is InChI=1S/C27H17N7O2/c35-25-20-10-3-2-9-19(20)24-23(25)18-8-1-4-11-21(18)27(36)34(24)17-7-5-6-16(12-17)26-30-22(31-32-26)13-33-15-28-14-29-33/h1-12,14-15H,13H2,(H,30,31,32). The molecule has 9 heteroatoms. The molecule has 1 aliphatic carbocycles. The van der Waals surface area contributed by atoms with Gasteiger partial charge in [0.25, 0.3) is 5.56 Å². The van der Waals surface area contributed by atoms with Crippen molar-refractivity contribution < 1.29 is 4.79 Å². The minimum Gasteiger partial charge on any atom is -0.288 e. The molecule has 172 valence electrons. The molecule has 1 aliphatic rings. The van der Waals surface area contributed by atoms with Crippen molar-refractivity contribution >= 4 is 16.6 Å². The van der Waals surface area contributed by atoms with Crippen LogP contribution in [0.5, 0.6) is 0 Å². The molecule has 6 aromatic rings. The number of fused-ring (bicyclic) bond motifs is 5. The van der Waals surface area contributed by atoms with E-state index in [2.05, 4.69) is 25.3 Å². The van der Waals surface area contributed by atoms with Gasteiger partial charge in [-0.15, -0.1) is 0 Å². The molecule has 0 saturated carbocycles. The number of carbonyl (C=O) groups is 1. The Balaban J connectivity index is 1.42. The fourth-order valence-corrected chi connectivity index (χ4v) is 4.85. The SMILES string of the molecule is O=C1c2ccccc2-c2c1c1ccccc1c(=O)n2-c1cccc(-c2n[nH]c(Cn3cncn3)n2)c1. The second kappa shape index (κ2) is 7.67. The summed E-state index contributed by atoms with van der Waals surface area (Å²) in [5.74, 6) is 1.05. The Hall–Kier alpha value is -5.18. The molecule has 7 rings (SSSR count). The van der Waals surface area contributed by atoms with Crippen molar-refractivity contribution in [1.29, 1.82) is 0 Å². The highest BCUT2D eigenvalue weighted by atomic mass is 16.1. The highest BCUT2D eigenvalue weighted by molar-refractivity contribution is 6.26. The molecular formula is C27H17N7O2. The van der Waals surface area contributed by atoms with Crippen LogP contribution in [0, 0.1) is 0 Å². The van der Waals surface area contributed by atoms with Gasteiger partial charge >= 0.3 is 0 Å². The lowest BCUT2D eigenvalue weighted by Crippen LogP contribution is -2.21. The molecule has 3 heterocycles. The fraction of sp³-hybridized carbons (Fsp3) is 0.0370. The van der Waals surface area contributed by atoms with E-state index in [9.17, 15) is 9.59 Å². The first-order chi connectivity index (χ1) is 17.7. The zero-order valence-corrected chi connectivity index (χ0v) is 18.8. The number of carbonyl (C=O) groups excluding carboxylic acids is 1. The van der Waals surface area contributed by atoms with E-state index in [1.165, 1.54) is 6.33 Å². The van der Waals surface area contributed by atoms with Gasteiger partial charge in [0.2, 0.25) is 0 Å². The van der Waals surface area contributed by atoms with Crippen LogP contribution in [0.1, 0.15) is 21.7 Å². The van der Waals surface area contributed by atoms with E-state index in [-0.39, 0.29) is 11.3 Å². The van der Waals surface area contributed by atoms with Gasteiger partial charge in [-0.2, -0.15) is 10.2 Å². The highest BCUT2D eigenvalue weighted by Crippen LogP contribution is 2.40. The Labute approximate surface area is 203 Å². The lowest BCUT2D eigenvalue weighted by Gasteiger charge is -2.15. The molecule has 0 amide bonds. The summed E-state index contributed by atoms with van der Waals surface area (Å²) in [7, 11) is 0. The van der Waals surface area contributed by atoms with Crippen molar-refractivity contribution in [2.24, 2.45) is 0 Å². The Bertz CT molecular complexity index is 1870. The van der Waals surface area contributed by atoms with Crippen molar-refractivity contribution in [3.8, 4) is 28.3 Å². The number of benzene rings is 3. The summed E-state index contributed by atoms with van der Waals surface area (Å²) in [6.07, 6.45) is 3.07. The molecule has 0 atom stereocenters. The third-order valence-corrected chi connectivity index (χ3v) is 6.42. The van der Waals surface area contributed by atoms with Crippen LogP contribution in [-0.4, -0.2) is 40.3 Å². The Kier molecular flexibility index (Phi) is 4.31. The number of rotatable bonds is 4. The maximum absolute atomic E-state index is 13.8. The van der Waals surface area contributed by atoms with Crippen LogP contribution in [0.4, 0.5) is 0 Å². The van der Waals surface area contributed by atoms with Gasteiger partial charge in [0.1, 0.15) is 25.0 Å². The van der Waals surface area contributed by atoms with Gasteiger partial charge in [-0.05, 0) is 18.2 Å². The molecule has 9 nitrogen and oxygen atoms in total. The lowest BCUT2D eigenvalue weighted by atomic mass is 10.0. The average Bonchev–Trinajstić information content (AvgIpc) is 3.66. The first kappa shape index (κ1) is 20.2. The molecular weight excluding hydrogens is 454 g/mol. The smallest absolute Gasteiger partial charge is 0.263 e. The van der Waals surface area contributed by atoms with E-state index in [4.69, 9.17) is 0 Å². The van der Waals surface area contributed by atoms with Crippen molar-refractivity contribution in [3.63, 3.8) is 0 Å². The van der Waals surface area contributed by atoms with Crippen molar-refractivity contribution in [2.45, 2.75) is 6.54 Å². The normalized spacial score (nSPS) is 12.2. The summed E-state index contributed by atoms with van der Waals surface area (Å²) in [6, 6.07) is 22.1. The van der Waals surface area contributed by atoms with Gasteiger partial charge in [0.05, 0.1) is 16.9 Å². The maximum Gasteiger partial charge on any atom is 0.263 e. The van der Waals surface area contributed by atoms with E-state index in [1.807, 2.05) is 66.7 Å². The van der Waals surface area contributed by atoms with Gasteiger partial charge in [-0.25, -0.2) is 14.6 Å². The first-order valence-corrected chi connectivity index (χ1v) is 11.4. The third-order valence-electron chi connectivity index (χ3n) is 6.42. The fourth-order valence-electron chi connectivity index (χ4n) is 4.85. The zero-order chi connectivity index (χ0) is 24.2. The van der Waals surface area contributed by atoms with Crippen molar-refractivity contribution in [1.82, 2.24) is 34.5 Å². The second-order valence-corrected chi connectivity index (χ2v) is 8.53. The number of ketones is 1. The largest absolute Gasteiger partial charge is 0.288 e. The van der Waals surface area contributed by atoms with Crippen LogP contribution in [0.2, 0.25) is 0 Å². The number of nitrogens with zero attached hydrogens (tertiary/aromatic N) is 6. The molecule has 0 aliphatic heterocycles. The third kappa shape index (κ3) is 2.96. The summed E-state index contributed by atoms with van der Waals surface area (Å²) in [4.78, 5) is 35.8. The van der Waals surface area contributed by atoms with Crippen molar-refractivity contribution in [3.05, 3.63) is 113 Å². The molecule has 3 aromatic carbocycles. The van der Waals surface area contributed by atoms with Crippen molar-refractivity contribution in [2.75, 3.05) is 0 Å². The van der Waals surface area contributed by atoms with Crippen LogP contribution >= 0.6 is 0 Å². The number of hydrogen-bond acceptors (Lipinski definition) is 6. The highest BCUT2D eigenvalue weighted by Gasteiger charge is 2.32. The van der Waals surface area contributed by atoms with Gasteiger partial charge in [-0.3, -0.25) is 19.3 Å². The number of H-pyrrole nitrogens is 1. The van der Waals surface area contributed by atoms with Crippen LogP contribution in [0.3, 0.4) is 0 Å². The molecule has 3 aromatic heterocycles. The minimum absolute atomic E-state index is 0.0755. The number of aromatic nitrogens is 7. The zero-order valence-electron chi connectivity index (χ0n) is 18.8. The summed E-state index contributed by atoms with van der Waals surface area (Å²) < 4.78 is 3.28. The quantitative estimate of drug-likeness (QED) is 0.420. The van der Waals surface area contributed by atoms with Crippen LogP contribution in [0.25, 0.3) is 39.1 Å². The predicted molar refractivity (Wildman–Crippen MR) is 133 cm³/mol. The summed E-state index contributed by atoms with van der Waals surface area (Å²) in [5, 5.41) is 12.5. The number of nitrogens with one attached hydrogen (secondary N) is 1. The summed E-state index contributed by atoms with van der Waals surface area (Å²) in [5.41, 5.74) is 3.68. The molecule has 1 N–H and O–H groups in total. The van der Waals surface area contributed by atoms with E-state index in [0.29, 0.717) is 51.5 Å². The summed E-state index contributed by atoms with van der Waals surface area (Å²) >= 11 is 0. The lowest BCUT2D eigenvalue weighted by molar-refractivity contribution is 0.104. The molecule has 0 saturated heterocycles. The summed E-state index contributed by atoms with van der Waals surface area (Å²) in [6.45, 7) is 0.406. The monoisotopic (exact) mass is 471 g/mol. The first-order valence-electron chi connectivity index (χ1n) is 11.4. The Morgan fingerprint density at radius 3 is 2.50 bits per heavy atom. The number of aromatic amines is 1. The van der Waals surface area contributed by atoms with Crippen LogP contribution in [-0.2, 0) is 6.54 Å². The second-order valence-electron chi connectivity index (χ2n) is 8.53. The van der Waals surface area contributed by atoms with Crippen LogP contribution in [0.15, 0.2) is 90.2 Å². The topological polar surface area (TPSA) is 111 Å². The van der Waals surface area contributed by atoms with Gasteiger partial charge in [0, 0.05) is 27.5 Å². The minimum atomic E-state index is -0.187. The van der Waals surface area contributed by atoms with E-state index < -0.39 is 0 Å². The molecule has 36 heavy (non-hydrogen) atoms. The maximum atomic E-state index is 13.8. The molecule has 0 fully saturated rings. The number of hydrogen-bond donors (Lipinski definition) is 1. The van der Waals surface area contributed by atoms with E-state index in [1.54, 1.807) is 21.6 Å².